The van der Waals surface area contributed by atoms with Crippen LogP contribution >= 0.6 is 0 Å². The van der Waals surface area contributed by atoms with E-state index in [1.54, 1.807) is 0 Å². The van der Waals surface area contributed by atoms with Crippen molar-refractivity contribution < 1.29 is 0 Å². The minimum Gasteiger partial charge on any atom is -0.306 e. The van der Waals surface area contributed by atoms with Crippen LogP contribution in [0.3, 0.4) is 0 Å². The maximum atomic E-state index is 3.61. The van der Waals surface area contributed by atoms with Crippen LogP contribution in [0.5, 0.6) is 0 Å². The van der Waals surface area contributed by atoms with Crippen molar-refractivity contribution in [1.82, 2.24) is 5.32 Å². The quantitative estimate of drug-likeness (QED) is 0.786. The van der Waals surface area contributed by atoms with E-state index >= 15 is 0 Å². The maximum Gasteiger partial charge on any atom is 0.0294 e. The zero-order valence-electron chi connectivity index (χ0n) is 13.9. The van der Waals surface area contributed by atoms with Crippen LogP contribution in [0.15, 0.2) is 42.5 Å². The highest BCUT2D eigenvalue weighted by molar-refractivity contribution is 5.30. The fraction of sp³-hybridized carbons (Fsp3) is 0.400. The normalized spacial score (nSPS) is 12.7. The zero-order chi connectivity index (χ0) is 15.4. The summed E-state index contributed by atoms with van der Waals surface area (Å²) in [6, 6.07) is 16.0. The molecule has 21 heavy (non-hydrogen) atoms. The molecule has 0 aromatic heterocycles. The van der Waals surface area contributed by atoms with Gasteiger partial charge < -0.3 is 5.32 Å². The van der Waals surface area contributed by atoms with Crippen LogP contribution in [0.2, 0.25) is 0 Å². The summed E-state index contributed by atoms with van der Waals surface area (Å²) in [6.07, 6.45) is 0. The molecular formula is C20H27N. The molecule has 0 heterocycles. The van der Waals surface area contributed by atoms with Gasteiger partial charge in [-0.1, -0.05) is 56.3 Å². The minimum atomic E-state index is 0.368. The van der Waals surface area contributed by atoms with Crippen molar-refractivity contribution in [2.24, 2.45) is 0 Å². The topological polar surface area (TPSA) is 12.0 Å². The first kappa shape index (κ1) is 15.8. The molecule has 0 spiro atoms. The molecule has 1 nitrogen and oxygen atoms in total. The molecule has 1 N–H and O–H groups in total. The number of rotatable bonds is 5. The largest absolute Gasteiger partial charge is 0.306 e. The molecule has 0 saturated carbocycles. The summed E-state index contributed by atoms with van der Waals surface area (Å²) in [4.78, 5) is 0. The molecule has 0 fully saturated rings. The molecule has 0 aliphatic rings. The SMILES string of the molecule is Cc1ccc(CNC(C)c2ccc(C(C)C)cc2)cc1C. The van der Waals surface area contributed by atoms with Crippen molar-refractivity contribution in [2.75, 3.05) is 0 Å². The molecule has 0 radical (unpaired) electrons. The summed E-state index contributed by atoms with van der Waals surface area (Å²) in [6.45, 7) is 11.9. The van der Waals surface area contributed by atoms with Crippen LogP contribution < -0.4 is 5.32 Å². The average Bonchev–Trinajstić information content (AvgIpc) is 2.48. The molecule has 2 aromatic rings. The predicted molar refractivity (Wildman–Crippen MR) is 91.7 cm³/mol. The van der Waals surface area contributed by atoms with Crippen LogP contribution in [-0.2, 0) is 6.54 Å². The van der Waals surface area contributed by atoms with Crippen molar-refractivity contribution in [3.05, 3.63) is 70.3 Å². The molecule has 2 rings (SSSR count). The summed E-state index contributed by atoms with van der Waals surface area (Å²) in [5.41, 5.74) is 6.83. The van der Waals surface area contributed by atoms with E-state index in [4.69, 9.17) is 0 Å². The first-order valence-electron chi connectivity index (χ1n) is 7.86. The third kappa shape index (κ3) is 4.18. The van der Waals surface area contributed by atoms with Crippen LogP contribution in [0.25, 0.3) is 0 Å². The average molecular weight is 281 g/mol. The Bertz CT molecular complexity index is 581. The van der Waals surface area contributed by atoms with Gasteiger partial charge in [-0.2, -0.15) is 0 Å². The summed E-state index contributed by atoms with van der Waals surface area (Å²) >= 11 is 0. The van der Waals surface area contributed by atoms with Crippen molar-refractivity contribution in [3.8, 4) is 0 Å². The second kappa shape index (κ2) is 6.91. The van der Waals surface area contributed by atoms with Crippen molar-refractivity contribution in [3.63, 3.8) is 0 Å². The molecule has 2 aromatic carbocycles. The Morgan fingerprint density at radius 2 is 1.43 bits per heavy atom. The summed E-state index contributed by atoms with van der Waals surface area (Å²) in [5, 5.41) is 3.61. The molecule has 1 heteroatoms. The van der Waals surface area contributed by atoms with Crippen molar-refractivity contribution >= 4 is 0 Å². The van der Waals surface area contributed by atoms with E-state index < -0.39 is 0 Å². The van der Waals surface area contributed by atoms with E-state index in [-0.39, 0.29) is 0 Å². The minimum absolute atomic E-state index is 0.368. The van der Waals surface area contributed by atoms with Gasteiger partial charge in [-0.25, -0.2) is 0 Å². The van der Waals surface area contributed by atoms with Crippen LogP contribution in [0.4, 0.5) is 0 Å². The van der Waals surface area contributed by atoms with Gasteiger partial charge in [0.25, 0.3) is 0 Å². The van der Waals surface area contributed by atoms with Gasteiger partial charge in [-0.15, -0.1) is 0 Å². The highest BCUT2D eigenvalue weighted by Gasteiger charge is 2.06. The smallest absolute Gasteiger partial charge is 0.0294 e. The Morgan fingerprint density at radius 3 is 2.00 bits per heavy atom. The first-order chi connectivity index (χ1) is 9.97. The molecule has 0 aliphatic heterocycles. The van der Waals surface area contributed by atoms with Gasteiger partial charge in [-0.3, -0.25) is 0 Å². The zero-order valence-corrected chi connectivity index (χ0v) is 13.9. The van der Waals surface area contributed by atoms with Gasteiger partial charge in [0.1, 0.15) is 0 Å². The lowest BCUT2D eigenvalue weighted by Gasteiger charge is -2.16. The number of benzene rings is 2. The van der Waals surface area contributed by atoms with Gasteiger partial charge >= 0.3 is 0 Å². The van der Waals surface area contributed by atoms with E-state index in [9.17, 15) is 0 Å². The maximum absolute atomic E-state index is 3.61. The Balaban J connectivity index is 1.97. The number of nitrogens with one attached hydrogen (secondary N) is 1. The monoisotopic (exact) mass is 281 g/mol. The molecule has 0 saturated heterocycles. The Hall–Kier alpha value is -1.60. The molecule has 112 valence electrons. The van der Waals surface area contributed by atoms with E-state index in [1.165, 1.54) is 27.8 Å². The first-order valence-corrected chi connectivity index (χ1v) is 7.86. The second-order valence-electron chi connectivity index (χ2n) is 6.34. The van der Waals surface area contributed by atoms with E-state index in [1.807, 2.05) is 0 Å². The third-order valence-electron chi connectivity index (χ3n) is 4.29. The molecule has 1 unspecified atom stereocenters. The van der Waals surface area contributed by atoms with Crippen LogP contribution in [0.1, 0.15) is 60.5 Å². The Kier molecular flexibility index (Phi) is 5.19. The summed E-state index contributed by atoms with van der Waals surface area (Å²) in [7, 11) is 0. The summed E-state index contributed by atoms with van der Waals surface area (Å²) in [5.74, 6) is 0.595. The van der Waals surface area contributed by atoms with Gasteiger partial charge in [0.05, 0.1) is 0 Å². The van der Waals surface area contributed by atoms with E-state index in [2.05, 4.69) is 82.4 Å². The predicted octanol–water partition coefficient (Wildman–Crippen LogP) is 5.28. The lowest BCUT2D eigenvalue weighted by molar-refractivity contribution is 0.574. The molecule has 0 bridgehead atoms. The van der Waals surface area contributed by atoms with Crippen LogP contribution in [0, 0.1) is 13.8 Å². The van der Waals surface area contributed by atoms with E-state index in [0.29, 0.717) is 12.0 Å². The second-order valence-corrected chi connectivity index (χ2v) is 6.34. The fourth-order valence-corrected chi connectivity index (χ4v) is 2.47. The highest BCUT2D eigenvalue weighted by Crippen LogP contribution is 2.19. The lowest BCUT2D eigenvalue weighted by atomic mass is 9.99. The Morgan fingerprint density at radius 1 is 0.810 bits per heavy atom. The molecule has 0 amide bonds. The lowest BCUT2D eigenvalue weighted by Crippen LogP contribution is -2.18. The van der Waals surface area contributed by atoms with Crippen molar-refractivity contribution in [2.45, 2.75) is 53.1 Å². The van der Waals surface area contributed by atoms with Gasteiger partial charge in [0, 0.05) is 12.6 Å². The number of hydrogen-bond donors (Lipinski definition) is 1. The van der Waals surface area contributed by atoms with Gasteiger partial charge in [0.15, 0.2) is 0 Å². The molecular weight excluding hydrogens is 254 g/mol. The summed E-state index contributed by atoms with van der Waals surface area (Å²) < 4.78 is 0. The molecule has 0 aliphatic carbocycles. The third-order valence-corrected chi connectivity index (χ3v) is 4.29. The number of hydrogen-bond acceptors (Lipinski definition) is 1. The van der Waals surface area contributed by atoms with Gasteiger partial charge in [0.2, 0.25) is 0 Å². The van der Waals surface area contributed by atoms with E-state index in [0.717, 1.165) is 6.54 Å². The molecule has 1 atom stereocenters. The van der Waals surface area contributed by atoms with Crippen molar-refractivity contribution in [1.29, 1.82) is 0 Å². The number of aryl methyl sites for hydroxylation is 2. The standard InChI is InChI=1S/C20H27N/c1-14(2)19-8-10-20(11-9-19)17(5)21-13-18-7-6-15(3)16(4)12-18/h6-12,14,17,21H,13H2,1-5H3. The van der Waals surface area contributed by atoms with Gasteiger partial charge in [-0.05, 0) is 54.5 Å². The van der Waals surface area contributed by atoms with Crippen LogP contribution in [-0.4, -0.2) is 0 Å². The Labute approximate surface area is 129 Å². The fourth-order valence-electron chi connectivity index (χ4n) is 2.47. The highest BCUT2D eigenvalue weighted by atomic mass is 14.9.